The summed E-state index contributed by atoms with van der Waals surface area (Å²) in [4.78, 5) is 0. The molecule has 20 heavy (non-hydrogen) atoms. The van der Waals surface area contributed by atoms with E-state index >= 15 is 0 Å². The summed E-state index contributed by atoms with van der Waals surface area (Å²) < 4.78 is 0. The summed E-state index contributed by atoms with van der Waals surface area (Å²) in [6, 6.07) is 8.26. The number of rotatable bonds is 11. The van der Waals surface area contributed by atoms with Crippen molar-refractivity contribution in [3.8, 4) is 0 Å². The molecule has 0 aliphatic rings. The van der Waals surface area contributed by atoms with Crippen molar-refractivity contribution >= 4 is 0 Å². The van der Waals surface area contributed by atoms with Gasteiger partial charge in [-0.15, -0.1) is 0 Å². The summed E-state index contributed by atoms with van der Waals surface area (Å²) in [5, 5.41) is 10.1. The van der Waals surface area contributed by atoms with E-state index in [9.17, 15) is 5.11 Å². The average molecular weight is 276 g/mol. The van der Waals surface area contributed by atoms with Crippen molar-refractivity contribution in [1.82, 2.24) is 0 Å². The SMILES string of the molecule is CCCCCCCCCCCC(O)c1ccc(C)cc1. The predicted molar refractivity (Wildman–Crippen MR) is 88.0 cm³/mol. The zero-order chi connectivity index (χ0) is 14.6. The van der Waals surface area contributed by atoms with Crippen LogP contribution in [0.5, 0.6) is 0 Å². The number of aryl methyl sites for hydroxylation is 1. The number of unbranched alkanes of at least 4 members (excludes halogenated alkanes) is 8. The minimum atomic E-state index is -0.278. The highest BCUT2D eigenvalue weighted by atomic mass is 16.3. The van der Waals surface area contributed by atoms with Gasteiger partial charge < -0.3 is 5.11 Å². The number of hydrogen-bond donors (Lipinski definition) is 1. The fraction of sp³-hybridized carbons (Fsp3) is 0.684. The van der Waals surface area contributed by atoms with Crippen LogP contribution in [0.4, 0.5) is 0 Å². The number of benzene rings is 1. The van der Waals surface area contributed by atoms with Gasteiger partial charge in [0.25, 0.3) is 0 Å². The van der Waals surface area contributed by atoms with Crippen molar-refractivity contribution < 1.29 is 5.11 Å². The van der Waals surface area contributed by atoms with Crippen molar-refractivity contribution in [2.45, 2.75) is 84.2 Å². The smallest absolute Gasteiger partial charge is 0.0790 e. The fourth-order valence-corrected chi connectivity index (χ4v) is 2.60. The molecule has 0 aliphatic carbocycles. The normalized spacial score (nSPS) is 12.6. The fourth-order valence-electron chi connectivity index (χ4n) is 2.60. The van der Waals surface area contributed by atoms with E-state index in [-0.39, 0.29) is 6.10 Å². The molecule has 1 N–H and O–H groups in total. The monoisotopic (exact) mass is 276 g/mol. The van der Waals surface area contributed by atoms with Crippen molar-refractivity contribution in [2.24, 2.45) is 0 Å². The van der Waals surface area contributed by atoms with Gasteiger partial charge in [-0.1, -0.05) is 94.5 Å². The zero-order valence-corrected chi connectivity index (χ0v) is 13.4. The van der Waals surface area contributed by atoms with Crippen LogP contribution in [0.2, 0.25) is 0 Å². The Kier molecular flexibility index (Phi) is 9.40. The molecule has 114 valence electrons. The maximum Gasteiger partial charge on any atom is 0.0790 e. The first-order chi connectivity index (χ1) is 9.74. The van der Waals surface area contributed by atoms with Crippen LogP contribution in [0.3, 0.4) is 0 Å². The molecular weight excluding hydrogens is 244 g/mol. The molecule has 0 bridgehead atoms. The van der Waals surface area contributed by atoms with Crippen molar-refractivity contribution in [2.75, 3.05) is 0 Å². The molecule has 0 spiro atoms. The van der Waals surface area contributed by atoms with Crippen molar-refractivity contribution in [3.05, 3.63) is 35.4 Å². The first-order valence-corrected chi connectivity index (χ1v) is 8.48. The Balaban J connectivity index is 1.99. The van der Waals surface area contributed by atoms with Crippen LogP contribution in [-0.4, -0.2) is 5.11 Å². The second-order valence-corrected chi connectivity index (χ2v) is 6.04. The van der Waals surface area contributed by atoms with E-state index in [4.69, 9.17) is 0 Å². The van der Waals surface area contributed by atoms with Crippen LogP contribution in [-0.2, 0) is 0 Å². The lowest BCUT2D eigenvalue weighted by atomic mass is 10.0. The maximum atomic E-state index is 10.1. The van der Waals surface area contributed by atoms with Gasteiger partial charge in [0.1, 0.15) is 0 Å². The van der Waals surface area contributed by atoms with Crippen molar-refractivity contribution in [3.63, 3.8) is 0 Å². The lowest BCUT2D eigenvalue weighted by Crippen LogP contribution is -1.97. The Morgan fingerprint density at radius 1 is 0.800 bits per heavy atom. The van der Waals surface area contributed by atoms with Crippen LogP contribution in [0.15, 0.2) is 24.3 Å². The van der Waals surface area contributed by atoms with Gasteiger partial charge in [0.15, 0.2) is 0 Å². The molecule has 1 rings (SSSR count). The quantitative estimate of drug-likeness (QED) is 0.495. The van der Waals surface area contributed by atoms with Crippen molar-refractivity contribution in [1.29, 1.82) is 0 Å². The summed E-state index contributed by atoms with van der Waals surface area (Å²) >= 11 is 0. The molecule has 1 atom stereocenters. The Morgan fingerprint density at radius 3 is 1.85 bits per heavy atom. The van der Waals surface area contributed by atoms with E-state index < -0.39 is 0 Å². The third-order valence-corrected chi connectivity index (χ3v) is 4.04. The maximum absolute atomic E-state index is 10.1. The van der Waals surface area contributed by atoms with Gasteiger partial charge >= 0.3 is 0 Å². The first-order valence-electron chi connectivity index (χ1n) is 8.48. The Bertz CT molecular complexity index is 328. The minimum absolute atomic E-state index is 0.278. The summed E-state index contributed by atoms with van der Waals surface area (Å²) in [7, 11) is 0. The van der Waals surface area contributed by atoms with Gasteiger partial charge in [-0.25, -0.2) is 0 Å². The first kappa shape index (κ1) is 17.2. The molecule has 0 fully saturated rings. The van der Waals surface area contributed by atoms with Crippen LogP contribution in [0.1, 0.15) is 88.4 Å². The van der Waals surface area contributed by atoms with Crippen LogP contribution < -0.4 is 0 Å². The van der Waals surface area contributed by atoms with Gasteiger partial charge in [0.2, 0.25) is 0 Å². The molecule has 0 saturated heterocycles. The van der Waals surface area contributed by atoms with Crippen LogP contribution in [0, 0.1) is 6.92 Å². The average Bonchev–Trinajstić information content (AvgIpc) is 2.46. The highest BCUT2D eigenvalue weighted by molar-refractivity contribution is 5.22. The molecule has 0 amide bonds. The molecule has 0 saturated carbocycles. The Morgan fingerprint density at radius 2 is 1.30 bits per heavy atom. The molecule has 1 heteroatoms. The second kappa shape index (κ2) is 10.9. The van der Waals surface area contributed by atoms with E-state index in [0.29, 0.717) is 0 Å². The van der Waals surface area contributed by atoms with Gasteiger partial charge in [-0.2, -0.15) is 0 Å². The van der Waals surface area contributed by atoms with E-state index in [1.165, 1.54) is 56.9 Å². The van der Waals surface area contributed by atoms with E-state index in [1.807, 2.05) is 12.1 Å². The molecule has 1 aromatic carbocycles. The Hall–Kier alpha value is -0.820. The van der Waals surface area contributed by atoms with Gasteiger partial charge in [-0.3, -0.25) is 0 Å². The number of aliphatic hydroxyl groups excluding tert-OH is 1. The summed E-state index contributed by atoms with van der Waals surface area (Å²) in [5.41, 5.74) is 2.32. The number of aliphatic hydroxyl groups is 1. The lowest BCUT2D eigenvalue weighted by Gasteiger charge is -2.11. The largest absolute Gasteiger partial charge is 0.388 e. The van der Waals surface area contributed by atoms with Gasteiger partial charge in [0.05, 0.1) is 6.10 Å². The molecule has 1 nitrogen and oxygen atoms in total. The topological polar surface area (TPSA) is 20.2 Å². The predicted octanol–water partition coefficient (Wildman–Crippen LogP) is 5.95. The molecule has 0 heterocycles. The van der Waals surface area contributed by atoms with Gasteiger partial charge in [0, 0.05) is 0 Å². The van der Waals surface area contributed by atoms with E-state index in [0.717, 1.165) is 18.4 Å². The lowest BCUT2D eigenvalue weighted by molar-refractivity contribution is 0.163. The van der Waals surface area contributed by atoms with Gasteiger partial charge in [-0.05, 0) is 18.9 Å². The molecule has 1 aromatic rings. The highest BCUT2D eigenvalue weighted by Gasteiger charge is 2.06. The summed E-state index contributed by atoms with van der Waals surface area (Å²) in [6.07, 6.45) is 12.6. The molecular formula is C19H32O. The minimum Gasteiger partial charge on any atom is -0.388 e. The van der Waals surface area contributed by atoms with Crippen LogP contribution >= 0.6 is 0 Å². The standard InChI is InChI=1S/C19H32O/c1-3-4-5-6-7-8-9-10-11-12-19(20)18-15-13-17(2)14-16-18/h13-16,19-20H,3-12H2,1-2H3. The number of hydrogen-bond acceptors (Lipinski definition) is 1. The third-order valence-electron chi connectivity index (χ3n) is 4.04. The van der Waals surface area contributed by atoms with E-state index in [2.05, 4.69) is 26.0 Å². The molecule has 1 unspecified atom stereocenters. The molecule has 0 radical (unpaired) electrons. The summed E-state index contributed by atoms with van der Waals surface area (Å²) in [6.45, 7) is 4.34. The third kappa shape index (κ3) is 7.69. The van der Waals surface area contributed by atoms with Crippen LogP contribution in [0.25, 0.3) is 0 Å². The zero-order valence-electron chi connectivity index (χ0n) is 13.4. The summed E-state index contributed by atoms with van der Waals surface area (Å²) in [5.74, 6) is 0. The molecule has 0 aliphatic heterocycles. The second-order valence-electron chi connectivity index (χ2n) is 6.04. The highest BCUT2D eigenvalue weighted by Crippen LogP contribution is 2.20. The molecule has 0 aromatic heterocycles. The Labute approximate surface area is 125 Å². The van der Waals surface area contributed by atoms with E-state index in [1.54, 1.807) is 0 Å².